The number of aliphatic imine (C=N–C) groups is 1. The zero-order chi connectivity index (χ0) is 27.1. The van der Waals surface area contributed by atoms with E-state index in [0.717, 1.165) is 24.4 Å². The van der Waals surface area contributed by atoms with E-state index in [0.29, 0.717) is 22.5 Å². The average Bonchev–Trinajstić information content (AvgIpc) is 2.92. The van der Waals surface area contributed by atoms with Crippen molar-refractivity contribution in [3.8, 4) is 0 Å². The predicted molar refractivity (Wildman–Crippen MR) is 138 cm³/mol. The van der Waals surface area contributed by atoms with E-state index >= 15 is 0 Å². The third-order valence-corrected chi connectivity index (χ3v) is 5.43. The third-order valence-electron chi connectivity index (χ3n) is 5.43. The van der Waals surface area contributed by atoms with Crippen molar-refractivity contribution in [2.75, 3.05) is 5.32 Å². The van der Waals surface area contributed by atoms with E-state index in [1.54, 1.807) is 72.8 Å². The fourth-order valence-electron chi connectivity index (χ4n) is 3.62. The molecule has 0 fully saturated rings. The Labute approximate surface area is 215 Å². The number of hydrogen-bond acceptors (Lipinski definition) is 4. The second kappa shape index (κ2) is 11.3. The first-order chi connectivity index (χ1) is 18.2. The molecule has 6 nitrogen and oxygen atoms in total. The van der Waals surface area contributed by atoms with E-state index in [-0.39, 0.29) is 11.3 Å². The van der Waals surface area contributed by atoms with E-state index < -0.39 is 29.2 Å². The summed E-state index contributed by atoms with van der Waals surface area (Å²) in [5.74, 6) is -1.91. The lowest BCUT2D eigenvalue weighted by molar-refractivity contribution is -0.137. The van der Waals surface area contributed by atoms with E-state index in [9.17, 15) is 27.9 Å². The third kappa shape index (κ3) is 6.19. The molecule has 38 heavy (non-hydrogen) atoms. The van der Waals surface area contributed by atoms with Gasteiger partial charge >= 0.3 is 12.1 Å². The van der Waals surface area contributed by atoms with Crippen LogP contribution >= 0.6 is 0 Å². The molecule has 1 aromatic heterocycles. The summed E-state index contributed by atoms with van der Waals surface area (Å²) in [6.45, 7) is 0. The normalized spacial score (nSPS) is 12.2. The Morgan fingerprint density at radius 1 is 0.842 bits per heavy atom. The van der Waals surface area contributed by atoms with Gasteiger partial charge < -0.3 is 10.4 Å². The standard InChI is InChI=1S/C29H20F3N3O3/c30-29(31,32)21-12-8-11-20(17-21)23(28(37)38)18-34-26(19-9-2-1-3-10-19)22-13-4-5-14-24(22)35-27(36)25-15-6-7-16-33-25/h1-18H,(H,35,36)(H,37,38)/b23-18-,34-26?. The molecule has 9 heteroatoms. The van der Waals surface area contributed by atoms with Crippen LogP contribution in [0.4, 0.5) is 18.9 Å². The first kappa shape index (κ1) is 26.0. The molecule has 3 aromatic carbocycles. The fraction of sp³-hybridized carbons (Fsp3) is 0.0345. The number of rotatable bonds is 7. The Bertz CT molecular complexity index is 1520. The van der Waals surface area contributed by atoms with Crippen molar-refractivity contribution in [1.29, 1.82) is 0 Å². The molecule has 0 saturated heterocycles. The first-order valence-corrected chi connectivity index (χ1v) is 11.3. The predicted octanol–water partition coefficient (Wildman–Crippen LogP) is 6.32. The van der Waals surface area contributed by atoms with Gasteiger partial charge in [-0.05, 0) is 35.9 Å². The molecule has 190 valence electrons. The van der Waals surface area contributed by atoms with Crippen LogP contribution in [-0.4, -0.2) is 27.7 Å². The summed E-state index contributed by atoms with van der Waals surface area (Å²) in [5, 5.41) is 12.6. The maximum atomic E-state index is 13.2. The van der Waals surface area contributed by atoms with Crippen LogP contribution in [0.2, 0.25) is 0 Å². The first-order valence-electron chi connectivity index (χ1n) is 11.3. The summed E-state index contributed by atoms with van der Waals surface area (Å²) in [6.07, 6.45) is -2.13. The van der Waals surface area contributed by atoms with Crippen molar-refractivity contribution in [3.05, 3.63) is 137 Å². The van der Waals surface area contributed by atoms with Crippen molar-refractivity contribution in [2.45, 2.75) is 6.18 Å². The number of carboxylic acids is 1. The quantitative estimate of drug-likeness (QED) is 0.223. The molecule has 0 aliphatic rings. The number of nitrogens with one attached hydrogen (secondary N) is 1. The number of nitrogens with zero attached hydrogens (tertiary/aromatic N) is 2. The van der Waals surface area contributed by atoms with Gasteiger partial charge in [0.25, 0.3) is 5.91 Å². The lowest BCUT2D eigenvalue weighted by atomic mass is 10.00. The minimum atomic E-state index is -4.64. The highest BCUT2D eigenvalue weighted by Gasteiger charge is 2.31. The maximum absolute atomic E-state index is 13.2. The topological polar surface area (TPSA) is 91.6 Å². The SMILES string of the molecule is O=C(O)/C(=C\N=C(c1ccccc1)c1ccccc1NC(=O)c1ccccn1)c1cccc(C(F)(F)F)c1. The number of pyridine rings is 1. The number of benzene rings is 3. The van der Waals surface area contributed by atoms with E-state index in [1.165, 1.54) is 12.3 Å². The van der Waals surface area contributed by atoms with E-state index in [4.69, 9.17) is 0 Å². The van der Waals surface area contributed by atoms with Crippen molar-refractivity contribution in [2.24, 2.45) is 4.99 Å². The van der Waals surface area contributed by atoms with E-state index in [1.807, 2.05) is 0 Å². The number of carbonyl (C=O) groups is 2. The number of amides is 1. The van der Waals surface area contributed by atoms with Crippen molar-refractivity contribution >= 4 is 28.8 Å². The minimum absolute atomic E-state index is 0.153. The Kier molecular flexibility index (Phi) is 7.77. The molecular formula is C29H20F3N3O3. The molecule has 1 amide bonds. The average molecular weight is 515 g/mol. The highest BCUT2D eigenvalue weighted by atomic mass is 19.4. The monoisotopic (exact) mass is 515 g/mol. The number of hydrogen-bond donors (Lipinski definition) is 2. The van der Waals surface area contributed by atoms with Gasteiger partial charge in [0.05, 0.1) is 22.5 Å². The Morgan fingerprint density at radius 2 is 1.53 bits per heavy atom. The van der Waals surface area contributed by atoms with Crippen LogP contribution in [-0.2, 0) is 11.0 Å². The highest BCUT2D eigenvalue weighted by Crippen LogP contribution is 2.31. The lowest BCUT2D eigenvalue weighted by Gasteiger charge is -2.14. The van der Waals surface area contributed by atoms with Gasteiger partial charge in [-0.3, -0.25) is 14.8 Å². The molecule has 4 aromatic rings. The minimum Gasteiger partial charge on any atom is -0.478 e. The van der Waals surface area contributed by atoms with Gasteiger partial charge in [0.1, 0.15) is 5.69 Å². The van der Waals surface area contributed by atoms with Crippen LogP contribution in [0.1, 0.15) is 32.7 Å². The summed E-state index contributed by atoms with van der Waals surface area (Å²) in [5.41, 5.74) is 0.378. The molecule has 0 bridgehead atoms. The highest BCUT2D eigenvalue weighted by molar-refractivity contribution is 6.20. The second-order valence-electron chi connectivity index (χ2n) is 7.98. The molecule has 1 heterocycles. The molecule has 0 radical (unpaired) electrons. The molecule has 0 aliphatic heterocycles. The molecule has 0 aliphatic carbocycles. The number of carbonyl (C=O) groups excluding carboxylic acids is 1. The van der Waals surface area contributed by atoms with Crippen molar-refractivity contribution in [3.63, 3.8) is 0 Å². The summed E-state index contributed by atoms with van der Waals surface area (Å²) >= 11 is 0. The molecule has 2 N–H and O–H groups in total. The Balaban J connectivity index is 1.82. The molecule has 4 rings (SSSR count). The molecule has 0 spiro atoms. The van der Waals surface area contributed by atoms with Gasteiger partial charge in [0, 0.05) is 23.5 Å². The smallest absolute Gasteiger partial charge is 0.416 e. The number of alkyl halides is 3. The Hall–Kier alpha value is -5.05. The van der Waals surface area contributed by atoms with Crippen LogP contribution in [0.25, 0.3) is 5.57 Å². The number of aliphatic carboxylic acids is 1. The number of carboxylic acid groups (broad SMARTS) is 1. The van der Waals surface area contributed by atoms with Gasteiger partial charge in [-0.25, -0.2) is 4.79 Å². The van der Waals surface area contributed by atoms with Crippen LogP contribution in [0.3, 0.4) is 0 Å². The van der Waals surface area contributed by atoms with Gasteiger partial charge in [-0.2, -0.15) is 13.2 Å². The fourth-order valence-corrected chi connectivity index (χ4v) is 3.62. The van der Waals surface area contributed by atoms with Gasteiger partial charge in [-0.15, -0.1) is 0 Å². The number of para-hydroxylation sites is 1. The number of aromatic nitrogens is 1. The maximum Gasteiger partial charge on any atom is 0.416 e. The second-order valence-corrected chi connectivity index (χ2v) is 7.98. The molecule has 0 unspecified atom stereocenters. The summed E-state index contributed by atoms with van der Waals surface area (Å²) in [7, 11) is 0. The van der Waals surface area contributed by atoms with Crippen molar-refractivity contribution < 1.29 is 27.9 Å². The summed E-state index contributed by atoms with van der Waals surface area (Å²) in [6, 6.07) is 24.5. The van der Waals surface area contributed by atoms with Crippen LogP contribution < -0.4 is 5.32 Å². The largest absolute Gasteiger partial charge is 0.478 e. The van der Waals surface area contributed by atoms with Gasteiger partial charge in [-0.1, -0.05) is 66.7 Å². The van der Waals surface area contributed by atoms with E-state index in [2.05, 4.69) is 15.3 Å². The summed E-state index contributed by atoms with van der Waals surface area (Å²) in [4.78, 5) is 33.3. The zero-order valence-corrected chi connectivity index (χ0v) is 19.7. The molecular weight excluding hydrogens is 495 g/mol. The number of anilines is 1. The lowest BCUT2D eigenvalue weighted by Crippen LogP contribution is -2.16. The number of halogens is 3. The van der Waals surface area contributed by atoms with Crippen molar-refractivity contribution in [1.82, 2.24) is 4.98 Å². The van der Waals surface area contributed by atoms with Crippen LogP contribution in [0.15, 0.2) is 114 Å². The van der Waals surface area contributed by atoms with Gasteiger partial charge in [0.15, 0.2) is 0 Å². The van der Waals surface area contributed by atoms with Crippen LogP contribution in [0, 0.1) is 0 Å². The van der Waals surface area contributed by atoms with Crippen LogP contribution in [0.5, 0.6) is 0 Å². The molecule has 0 atom stereocenters. The zero-order valence-electron chi connectivity index (χ0n) is 19.7. The Morgan fingerprint density at radius 3 is 2.21 bits per heavy atom. The molecule has 0 saturated carbocycles. The van der Waals surface area contributed by atoms with Gasteiger partial charge in [0.2, 0.25) is 0 Å². The summed E-state index contributed by atoms with van der Waals surface area (Å²) < 4.78 is 39.7.